The lowest BCUT2D eigenvalue weighted by Crippen LogP contribution is -2.54. The molecule has 2 atom stereocenters. The Morgan fingerprint density at radius 3 is 2.42 bits per heavy atom. The molecule has 1 aliphatic carbocycles. The number of guanidine groups is 1. The Bertz CT molecular complexity index is 646. The van der Waals surface area contributed by atoms with Gasteiger partial charge >= 0.3 is 6.09 Å². The van der Waals surface area contributed by atoms with E-state index in [1.165, 1.54) is 0 Å². The topological polar surface area (TPSA) is 104 Å². The summed E-state index contributed by atoms with van der Waals surface area (Å²) in [7, 11) is 1.69. The van der Waals surface area contributed by atoms with Gasteiger partial charge < -0.3 is 25.4 Å². The van der Waals surface area contributed by atoms with Crippen LogP contribution in [0.25, 0.3) is 0 Å². The molecule has 0 aromatic carbocycles. The number of rotatable bonds is 7. The summed E-state index contributed by atoms with van der Waals surface area (Å²) in [5.74, 6) is 0.730. The minimum atomic E-state index is -0.764. The van der Waals surface area contributed by atoms with Crippen LogP contribution in [0.1, 0.15) is 67.2 Å². The van der Waals surface area contributed by atoms with E-state index in [1.807, 2.05) is 41.5 Å². The Morgan fingerprint density at radius 2 is 1.87 bits per heavy atom. The highest BCUT2D eigenvalue weighted by molar-refractivity contribution is 14.0. The highest BCUT2D eigenvalue weighted by Crippen LogP contribution is 2.33. The van der Waals surface area contributed by atoms with Crippen molar-refractivity contribution < 1.29 is 19.1 Å². The van der Waals surface area contributed by atoms with Gasteiger partial charge in [-0.3, -0.25) is 14.7 Å². The molecule has 1 saturated carbocycles. The minimum Gasteiger partial charge on any atom is -0.444 e. The quantitative estimate of drug-likeness (QED) is 0.194. The van der Waals surface area contributed by atoms with Gasteiger partial charge in [0.2, 0.25) is 5.91 Å². The Labute approximate surface area is 203 Å². The molecule has 0 bridgehead atoms. The molecule has 9 nitrogen and oxygen atoms in total. The van der Waals surface area contributed by atoms with Gasteiger partial charge in [-0.25, -0.2) is 4.79 Å². The van der Waals surface area contributed by atoms with Crippen molar-refractivity contribution in [1.82, 2.24) is 20.9 Å². The molecule has 10 heteroatoms. The lowest BCUT2D eigenvalue weighted by atomic mass is 10.1. The van der Waals surface area contributed by atoms with Crippen molar-refractivity contribution in [3.63, 3.8) is 0 Å². The van der Waals surface area contributed by atoms with Crippen molar-refractivity contribution >= 4 is 41.9 Å². The third kappa shape index (κ3) is 8.99. The molecule has 2 amide bonds. The van der Waals surface area contributed by atoms with Gasteiger partial charge in [-0.15, -0.1) is 24.0 Å². The van der Waals surface area contributed by atoms with Crippen molar-refractivity contribution in [3.05, 3.63) is 0 Å². The summed E-state index contributed by atoms with van der Waals surface area (Å²) in [6.45, 7) is 12.3. The second kappa shape index (κ2) is 11.5. The van der Waals surface area contributed by atoms with E-state index in [-0.39, 0.29) is 42.0 Å². The second-order valence-electron chi connectivity index (χ2n) is 9.51. The van der Waals surface area contributed by atoms with Crippen LogP contribution in [-0.2, 0) is 14.3 Å². The molecule has 0 radical (unpaired) electrons. The van der Waals surface area contributed by atoms with E-state index >= 15 is 0 Å². The van der Waals surface area contributed by atoms with Gasteiger partial charge in [-0.2, -0.15) is 0 Å². The zero-order chi connectivity index (χ0) is 22.5. The molecule has 1 saturated heterocycles. The average Bonchev–Trinajstić information content (AvgIpc) is 3.37. The zero-order valence-corrected chi connectivity index (χ0v) is 22.2. The molecule has 0 aromatic rings. The van der Waals surface area contributed by atoms with E-state index in [2.05, 4.69) is 20.9 Å². The van der Waals surface area contributed by atoms with E-state index in [4.69, 9.17) is 9.47 Å². The summed E-state index contributed by atoms with van der Waals surface area (Å²) >= 11 is 0. The molecular weight excluding hydrogens is 513 g/mol. The SMILES string of the molecule is CN=C(NCCCC(=O)NC1CC1)NCC1C(C)OC(C)(C)N1C(=O)OC(C)(C)C.I. The summed E-state index contributed by atoms with van der Waals surface area (Å²) in [5, 5.41) is 9.47. The fraction of sp³-hybridized carbons (Fsp3) is 0.857. The van der Waals surface area contributed by atoms with Crippen molar-refractivity contribution in [1.29, 1.82) is 0 Å². The Morgan fingerprint density at radius 1 is 1.23 bits per heavy atom. The molecular formula is C21H40IN5O4. The van der Waals surface area contributed by atoms with Gasteiger partial charge in [-0.1, -0.05) is 0 Å². The number of carbonyl (C=O) groups is 2. The normalized spacial score (nSPS) is 23.1. The van der Waals surface area contributed by atoms with Crippen LogP contribution >= 0.6 is 24.0 Å². The molecule has 31 heavy (non-hydrogen) atoms. The monoisotopic (exact) mass is 553 g/mol. The summed E-state index contributed by atoms with van der Waals surface area (Å²) in [4.78, 5) is 30.5. The largest absolute Gasteiger partial charge is 0.444 e. The van der Waals surface area contributed by atoms with Crippen molar-refractivity contribution in [2.45, 2.75) is 96.7 Å². The van der Waals surface area contributed by atoms with Crippen LogP contribution in [0.15, 0.2) is 4.99 Å². The highest BCUT2D eigenvalue weighted by Gasteiger charge is 2.49. The predicted molar refractivity (Wildman–Crippen MR) is 132 cm³/mol. The molecule has 180 valence electrons. The first kappa shape index (κ1) is 27.7. The fourth-order valence-electron chi connectivity index (χ4n) is 3.53. The molecule has 2 aliphatic rings. The van der Waals surface area contributed by atoms with Crippen LogP contribution < -0.4 is 16.0 Å². The van der Waals surface area contributed by atoms with Gasteiger partial charge in [0.1, 0.15) is 11.3 Å². The maximum atomic E-state index is 12.8. The van der Waals surface area contributed by atoms with Crippen molar-refractivity contribution in [2.75, 3.05) is 20.1 Å². The van der Waals surface area contributed by atoms with E-state index in [9.17, 15) is 9.59 Å². The van der Waals surface area contributed by atoms with Crippen LogP contribution in [-0.4, -0.2) is 72.5 Å². The number of carbonyl (C=O) groups excluding carboxylic acids is 2. The zero-order valence-electron chi connectivity index (χ0n) is 19.9. The van der Waals surface area contributed by atoms with Crippen molar-refractivity contribution in [3.8, 4) is 0 Å². The number of nitrogens with zero attached hydrogens (tertiary/aromatic N) is 2. The smallest absolute Gasteiger partial charge is 0.412 e. The highest BCUT2D eigenvalue weighted by atomic mass is 127. The fourth-order valence-corrected chi connectivity index (χ4v) is 3.53. The van der Waals surface area contributed by atoms with Crippen LogP contribution in [0.5, 0.6) is 0 Å². The first-order chi connectivity index (χ1) is 13.9. The summed E-state index contributed by atoms with van der Waals surface area (Å²) in [6, 6.07) is 0.186. The Kier molecular flexibility index (Phi) is 10.3. The lowest BCUT2D eigenvalue weighted by molar-refractivity contribution is -0.121. The van der Waals surface area contributed by atoms with Gasteiger partial charge in [0.25, 0.3) is 0 Å². The number of halogens is 1. The first-order valence-corrected chi connectivity index (χ1v) is 10.9. The minimum absolute atomic E-state index is 0. The number of aliphatic imine (C=N–C) groups is 1. The Balaban J connectivity index is 0.00000480. The number of ether oxygens (including phenoxy) is 2. The lowest BCUT2D eigenvalue weighted by Gasteiger charge is -2.35. The van der Waals surface area contributed by atoms with E-state index in [0.29, 0.717) is 31.5 Å². The van der Waals surface area contributed by atoms with Crippen LogP contribution in [0.4, 0.5) is 4.79 Å². The average molecular weight is 553 g/mol. The number of hydrogen-bond acceptors (Lipinski definition) is 5. The van der Waals surface area contributed by atoms with Crippen LogP contribution in [0, 0.1) is 0 Å². The van der Waals surface area contributed by atoms with Crippen LogP contribution in [0.3, 0.4) is 0 Å². The third-order valence-electron chi connectivity index (χ3n) is 5.04. The van der Waals surface area contributed by atoms with Gasteiger partial charge in [-0.05, 0) is 60.8 Å². The number of amides is 2. The maximum Gasteiger partial charge on any atom is 0.412 e. The molecule has 2 fully saturated rings. The molecule has 1 aliphatic heterocycles. The van der Waals surface area contributed by atoms with Crippen LogP contribution in [0.2, 0.25) is 0 Å². The van der Waals surface area contributed by atoms with Gasteiger partial charge in [0.15, 0.2) is 5.96 Å². The molecule has 0 spiro atoms. The number of nitrogens with one attached hydrogen (secondary N) is 3. The molecule has 2 unspecified atom stereocenters. The summed E-state index contributed by atoms with van der Waals surface area (Å²) in [5.41, 5.74) is -1.35. The summed E-state index contributed by atoms with van der Waals surface area (Å²) in [6.07, 6.45) is 2.85. The Hall–Kier alpha value is -1.30. The molecule has 3 N–H and O–H groups in total. The van der Waals surface area contributed by atoms with Crippen molar-refractivity contribution in [2.24, 2.45) is 4.99 Å². The predicted octanol–water partition coefficient (Wildman–Crippen LogP) is 2.59. The van der Waals surface area contributed by atoms with E-state index in [1.54, 1.807) is 11.9 Å². The second-order valence-corrected chi connectivity index (χ2v) is 9.51. The first-order valence-electron chi connectivity index (χ1n) is 10.9. The van der Waals surface area contributed by atoms with Gasteiger partial charge in [0.05, 0.1) is 12.1 Å². The third-order valence-corrected chi connectivity index (χ3v) is 5.04. The van der Waals surface area contributed by atoms with E-state index in [0.717, 1.165) is 19.3 Å². The molecule has 1 heterocycles. The number of hydrogen-bond donors (Lipinski definition) is 3. The molecule has 2 rings (SSSR count). The molecule has 0 aromatic heterocycles. The standard InChI is InChI=1S/C21H39N5O4.HI/c1-14-16(26(21(5,6)29-14)19(28)30-20(2,3)4)13-24-18(22-7)23-12-8-9-17(27)25-15-10-11-15;/h14-16H,8-13H2,1-7H3,(H,25,27)(H2,22,23,24);1H. The van der Waals surface area contributed by atoms with E-state index < -0.39 is 17.4 Å². The summed E-state index contributed by atoms with van der Waals surface area (Å²) < 4.78 is 11.6. The maximum absolute atomic E-state index is 12.8. The van der Waals surface area contributed by atoms with Gasteiger partial charge in [0, 0.05) is 32.6 Å².